The summed E-state index contributed by atoms with van der Waals surface area (Å²) in [7, 11) is 1.57. The van der Waals surface area contributed by atoms with Gasteiger partial charge in [0.15, 0.2) is 0 Å². The first-order chi connectivity index (χ1) is 15.2. The Morgan fingerprint density at radius 1 is 0.938 bits per heavy atom. The van der Waals surface area contributed by atoms with Crippen LogP contribution in [0.15, 0.2) is 54.6 Å². The number of benzene rings is 3. The second-order valence-electron chi connectivity index (χ2n) is 9.02. The molecule has 3 nitrogen and oxygen atoms in total. The quantitative estimate of drug-likeness (QED) is 0.460. The molecular formula is C28H30FNO2. The second kappa shape index (κ2) is 8.34. The van der Waals surface area contributed by atoms with Gasteiger partial charge in [0.05, 0.1) is 12.6 Å². The van der Waals surface area contributed by atoms with Crippen LogP contribution >= 0.6 is 0 Å². The molecule has 0 radical (unpaired) electrons. The molecule has 3 aromatic rings. The van der Waals surface area contributed by atoms with E-state index < -0.39 is 0 Å². The molecule has 0 fully saturated rings. The number of methoxy groups -OCH3 is 1. The molecular weight excluding hydrogens is 401 g/mol. The van der Waals surface area contributed by atoms with Crippen molar-refractivity contribution in [3.63, 3.8) is 0 Å². The summed E-state index contributed by atoms with van der Waals surface area (Å²) >= 11 is 0. The lowest BCUT2D eigenvalue weighted by Crippen LogP contribution is -2.32. The summed E-state index contributed by atoms with van der Waals surface area (Å²) in [5.41, 5.74) is 8.42. The molecule has 0 saturated carbocycles. The highest BCUT2D eigenvalue weighted by Crippen LogP contribution is 2.43. The van der Waals surface area contributed by atoms with Gasteiger partial charge in [-0.15, -0.1) is 0 Å². The van der Waals surface area contributed by atoms with Crippen LogP contribution in [0.25, 0.3) is 16.7 Å². The number of rotatable bonds is 5. The Balaban J connectivity index is 1.88. The lowest BCUT2D eigenvalue weighted by molar-refractivity contribution is 0.304. The van der Waals surface area contributed by atoms with E-state index in [2.05, 4.69) is 64.2 Å². The lowest BCUT2D eigenvalue weighted by Gasteiger charge is -2.33. The topological polar surface area (TPSA) is 30.5 Å². The minimum atomic E-state index is -0.323. The van der Waals surface area contributed by atoms with Crippen LogP contribution in [0.5, 0.6) is 11.5 Å². The third-order valence-corrected chi connectivity index (χ3v) is 6.12. The van der Waals surface area contributed by atoms with Crippen molar-refractivity contribution in [3.05, 3.63) is 82.7 Å². The van der Waals surface area contributed by atoms with Gasteiger partial charge in [-0.25, -0.2) is 4.39 Å². The Kier molecular flexibility index (Phi) is 5.72. The van der Waals surface area contributed by atoms with Crippen molar-refractivity contribution in [2.75, 3.05) is 12.4 Å². The molecule has 0 amide bonds. The molecule has 0 unspecified atom stereocenters. The van der Waals surface area contributed by atoms with Gasteiger partial charge in [0.1, 0.15) is 23.9 Å². The van der Waals surface area contributed by atoms with Gasteiger partial charge in [-0.1, -0.05) is 24.3 Å². The summed E-state index contributed by atoms with van der Waals surface area (Å²) in [6, 6.07) is 14.9. The Labute approximate surface area is 189 Å². The first kappa shape index (κ1) is 21.9. The zero-order valence-electron chi connectivity index (χ0n) is 19.6. The molecule has 3 aromatic carbocycles. The third-order valence-electron chi connectivity index (χ3n) is 6.12. The normalized spacial score (nSPS) is 14.3. The zero-order chi connectivity index (χ0) is 23.0. The number of ether oxygens (including phenoxy) is 2. The molecule has 0 bridgehead atoms. The van der Waals surface area contributed by atoms with E-state index >= 15 is 0 Å². The van der Waals surface area contributed by atoms with E-state index in [1.54, 1.807) is 13.2 Å². The standard InChI is InChI=1S/C28H30FNO2/c1-17-8-7-9-25(19(17)3)32-16-23-21(22-11-10-20(29)14-26(22)31-6)12-13-24-27(23)18(2)15-28(4,5)30-24/h7-15,30H,16H2,1-6H3. The molecule has 166 valence electrons. The molecule has 0 aromatic heterocycles. The van der Waals surface area contributed by atoms with Gasteiger partial charge in [0.2, 0.25) is 0 Å². The predicted octanol–water partition coefficient (Wildman–Crippen LogP) is 7.30. The molecule has 0 aliphatic carbocycles. The minimum absolute atomic E-state index is 0.141. The van der Waals surface area contributed by atoms with E-state index in [-0.39, 0.29) is 11.4 Å². The van der Waals surface area contributed by atoms with E-state index in [4.69, 9.17) is 9.47 Å². The number of halogens is 1. The van der Waals surface area contributed by atoms with E-state index in [1.807, 2.05) is 12.1 Å². The van der Waals surface area contributed by atoms with Crippen LogP contribution in [0.2, 0.25) is 0 Å². The van der Waals surface area contributed by atoms with Crippen LogP contribution in [0.4, 0.5) is 10.1 Å². The Hall–Kier alpha value is -3.27. The molecule has 1 N–H and O–H groups in total. The summed E-state index contributed by atoms with van der Waals surface area (Å²) in [4.78, 5) is 0. The number of fused-ring (bicyclic) bond motifs is 1. The molecule has 4 rings (SSSR count). The Bertz CT molecular complexity index is 1210. The van der Waals surface area contributed by atoms with Gasteiger partial charge in [-0.2, -0.15) is 0 Å². The van der Waals surface area contributed by atoms with E-state index in [0.29, 0.717) is 12.4 Å². The number of aryl methyl sites for hydroxylation is 1. The predicted molar refractivity (Wildman–Crippen MR) is 130 cm³/mol. The van der Waals surface area contributed by atoms with E-state index in [0.717, 1.165) is 39.3 Å². The van der Waals surface area contributed by atoms with Crippen LogP contribution in [0.1, 0.15) is 43.0 Å². The minimum Gasteiger partial charge on any atom is -0.496 e. The highest BCUT2D eigenvalue weighted by Gasteiger charge is 2.27. The Morgan fingerprint density at radius 2 is 1.69 bits per heavy atom. The first-order valence-corrected chi connectivity index (χ1v) is 10.9. The number of hydrogen-bond donors (Lipinski definition) is 1. The van der Waals surface area contributed by atoms with Crippen molar-refractivity contribution in [1.29, 1.82) is 0 Å². The van der Waals surface area contributed by atoms with Gasteiger partial charge in [-0.3, -0.25) is 0 Å². The molecule has 1 heterocycles. The molecule has 4 heteroatoms. The largest absolute Gasteiger partial charge is 0.496 e. The van der Waals surface area contributed by atoms with Crippen molar-refractivity contribution in [2.24, 2.45) is 0 Å². The van der Waals surface area contributed by atoms with E-state index in [1.165, 1.54) is 23.3 Å². The van der Waals surface area contributed by atoms with Crippen LogP contribution in [-0.4, -0.2) is 12.6 Å². The van der Waals surface area contributed by atoms with Crippen LogP contribution in [0.3, 0.4) is 0 Å². The average Bonchev–Trinajstić information content (AvgIpc) is 2.73. The maximum absolute atomic E-state index is 13.9. The van der Waals surface area contributed by atoms with Gasteiger partial charge in [0.25, 0.3) is 0 Å². The van der Waals surface area contributed by atoms with Crippen molar-refractivity contribution < 1.29 is 13.9 Å². The number of anilines is 1. The highest BCUT2D eigenvalue weighted by atomic mass is 19.1. The number of hydrogen-bond acceptors (Lipinski definition) is 3. The molecule has 0 spiro atoms. The van der Waals surface area contributed by atoms with Crippen molar-refractivity contribution in [2.45, 2.75) is 46.8 Å². The maximum atomic E-state index is 13.9. The number of nitrogens with one attached hydrogen (secondary N) is 1. The van der Waals surface area contributed by atoms with Gasteiger partial charge < -0.3 is 14.8 Å². The molecule has 0 saturated heterocycles. The summed E-state index contributed by atoms with van der Waals surface area (Å²) in [6.07, 6.45) is 2.24. The van der Waals surface area contributed by atoms with Gasteiger partial charge in [0, 0.05) is 28.4 Å². The summed E-state index contributed by atoms with van der Waals surface area (Å²) in [6.45, 7) is 11.0. The first-order valence-electron chi connectivity index (χ1n) is 10.9. The summed E-state index contributed by atoms with van der Waals surface area (Å²) in [5.74, 6) is 1.05. The molecule has 1 aliphatic rings. The zero-order valence-corrected chi connectivity index (χ0v) is 19.6. The lowest BCUT2D eigenvalue weighted by atomic mass is 9.85. The fraction of sp³-hybridized carbons (Fsp3) is 0.286. The van der Waals surface area contributed by atoms with Crippen molar-refractivity contribution in [1.82, 2.24) is 0 Å². The monoisotopic (exact) mass is 431 g/mol. The van der Waals surface area contributed by atoms with Crippen molar-refractivity contribution >= 4 is 11.3 Å². The van der Waals surface area contributed by atoms with Crippen LogP contribution in [0, 0.1) is 19.7 Å². The van der Waals surface area contributed by atoms with Gasteiger partial charge >= 0.3 is 0 Å². The van der Waals surface area contributed by atoms with Crippen LogP contribution in [-0.2, 0) is 6.61 Å². The highest BCUT2D eigenvalue weighted by molar-refractivity contribution is 5.88. The third kappa shape index (κ3) is 4.10. The van der Waals surface area contributed by atoms with Crippen LogP contribution < -0.4 is 14.8 Å². The fourth-order valence-corrected chi connectivity index (χ4v) is 4.52. The Morgan fingerprint density at radius 3 is 2.44 bits per heavy atom. The van der Waals surface area contributed by atoms with Gasteiger partial charge in [-0.05, 0) is 81.1 Å². The smallest absolute Gasteiger partial charge is 0.129 e. The molecule has 32 heavy (non-hydrogen) atoms. The second-order valence-corrected chi connectivity index (χ2v) is 9.02. The van der Waals surface area contributed by atoms with Crippen molar-refractivity contribution in [3.8, 4) is 22.6 Å². The van der Waals surface area contributed by atoms with E-state index in [9.17, 15) is 4.39 Å². The molecule has 0 atom stereocenters. The fourth-order valence-electron chi connectivity index (χ4n) is 4.52. The maximum Gasteiger partial charge on any atom is 0.129 e. The molecule has 1 aliphatic heterocycles. The SMILES string of the molecule is COc1cc(F)ccc1-c1ccc2c(c1COc1cccc(C)c1C)C(C)=CC(C)(C)N2. The summed E-state index contributed by atoms with van der Waals surface area (Å²) in [5, 5.41) is 3.62. The summed E-state index contributed by atoms with van der Waals surface area (Å²) < 4.78 is 25.8. The average molecular weight is 432 g/mol. The number of allylic oxidation sites excluding steroid dienone is 1.